The van der Waals surface area contributed by atoms with Gasteiger partial charge in [-0.1, -0.05) is 17.7 Å². The minimum Gasteiger partial charge on any atom is -0.493 e. The predicted molar refractivity (Wildman–Crippen MR) is 110 cm³/mol. The number of hydrogen-bond acceptors (Lipinski definition) is 5. The van der Waals surface area contributed by atoms with Crippen LogP contribution in [0.1, 0.15) is 33.6 Å². The molecule has 0 unspecified atom stereocenters. The van der Waals surface area contributed by atoms with Crippen molar-refractivity contribution in [3.63, 3.8) is 0 Å². The van der Waals surface area contributed by atoms with Crippen LogP contribution in [0, 0.1) is 0 Å². The number of methoxy groups -OCH3 is 2. The van der Waals surface area contributed by atoms with Gasteiger partial charge >= 0.3 is 0 Å². The second-order valence-electron chi connectivity index (χ2n) is 7.19. The number of anilines is 1. The molecule has 2 amide bonds. The van der Waals surface area contributed by atoms with Gasteiger partial charge < -0.3 is 25.0 Å². The molecule has 2 aromatic rings. The molecule has 2 aliphatic heterocycles. The second-order valence-corrected chi connectivity index (χ2v) is 7.59. The smallest absolute Gasteiger partial charge is 0.255 e. The molecule has 2 heterocycles. The summed E-state index contributed by atoms with van der Waals surface area (Å²) in [6, 6.07) is 10.4. The first-order valence-corrected chi connectivity index (χ1v) is 9.75. The first-order valence-electron chi connectivity index (χ1n) is 9.37. The van der Waals surface area contributed by atoms with Crippen molar-refractivity contribution in [3.8, 4) is 11.5 Å². The number of nitrogens with zero attached hydrogens (tertiary/aromatic N) is 1. The first-order chi connectivity index (χ1) is 14.0. The van der Waals surface area contributed by atoms with Crippen molar-refractivity contribution in [2.75, 3.05) is 32.6 Å². The van der Waals surface area contributed by atoms with E-state index in [0.717, 1.165) is 0 Å². The van der Waals surface area contributed by atoms with Crippen molar-refractivity contribution >= 4 is 29.1 Å². The highest BCUT2D eigenvalue weighted by Gasteiger charge is 2.41. The fourth-order valence-corrected chi connectivity index (χ4v) is 4.11. The molecule has 0 saturated carbocycles. The van der Waals surface area contributed by atoms with Crippen LogP contribution in [0.25, 0.3) is 0 Å². The lowest BCUT2D eigenvalue weighted by Crippen LogP contribution is -2.62. The largest absolute Gasteiger partial charge is 0.493 e. The van der Waals surface area contributed by atoms with Gasteiger partial charge in [-0.25, -0.2) is 0 Å². The third kappa shape index (κ3) is 3.46. The van der Waals surface area contributed by atoms with E-state index in [-0.39, 0.29) is 11.8 Å². The monoisotopic (exact) mass is 415 g/mol. The maximum Gasteiger partial charge on any atom is 0.255 e. The number of likely N-dealkylation sites (tertiary alicyclic amines) is 1. The Labute approximate surface area is 173 Å². The summed E-state index contributed by atoms with van der Waals surface area (Å²) >= 11 is 6.29. The van der Waals surface area contributed by atoms with E-state index in [1.165, 1.54) is 7.11 Å². The highest BCUT2D eigenvalue weighted by molar-refractivity contribution is 6.34. The summed E-state index contributed by atoms with van der Waals surface area (Å²) in [6.07, 6.45) is 1.14. The number of piperidine rings is 1. The molecular formula is C21H22ClN3O4. The number of hydrogen-bond donors (Lipinski definition) is 2. The van der Waals surface area contributed by atoms with Gasteiger partial charge in [0.25, 0.3) is 11.8 Å². The molecule has 4 rings (SSSR count). The normalized spacial score (nSPS) is 17.2. The van der Waals surface area contributed by atoms with Crippen molar-refractivity contribution in [2.24, 2.45) is 0 Å². The molecule has 152 valence electrons. The predicted octanol–water partition coefficient (Wildman–Crippen LogP) is 3.15. The van der Waals surface area contributed by atoms with Crippen LogP contribution in [-0.4, -0.2) is 49.7 Å². The number of rotatable bonds is 3. The van der Waals surface area contributed by atoms with Crippen LogP contribution >= 0.6 is 11.6 Å². The Kier molecular flexibility index (Phi) is 5.00. The number of amides is 2. The van der Waals surface area contributed by atoms with Crippen LogP contribution in [0.15, 0.2) is 36.4 Å². The highest BCUT2D eigenvalue weighted by Crippen LogP contribution is 2.36. The molecule has 0 aliphatic carbocycles. The number of halogens is 1. The second kappa shape index (κ2) is 7.48. The maximum atomic E-state index is 13.0. The molecule has 0 atom stereocenters. The maximum absolute atomic E-state index is 13.0. The zero-order valence-corrected chi connectivity index (χ0v) is 17.0. The van der Waals surface area contributed by atoms with E-state index in [1.54, 1.807) is 48.4 Å². The average molecular weight is 416 g/mol. The van der Waals surface area contributed by atoms with Crippen molar-refractivity contribution in [3.05, 3.63) is 52.5 Å². The minimum atomic E-state index is -0.608. The lowest BCUT2D eigenvalue weighted by Gasteiger charge is -2.46. The summed E-state index contributed by atoms with van der Waals surface area (Å²) in [4.78, 5) is 27.3. The first kappa shape index (κ1) is 19.4. The van der Waals surface area contributed by atoms with Gasteiger partial charge in [0.2, 0.25) is 0 Å². The van der Waals surface area contributed by atoms with Gasteiger partial charge in [-0.15, -0.1) is 0 Å². The lowest BCUT2D eigenvalue weighted by molar-refractivity contribution is 0.0639. The van der Waals surface area contributed by atoms with E-state index >= 15 is 0 Å². The Morgan fingerprint density at radius 2 is 1.79 bits per heavy atom. The van der Waals surface area contributed by atoms with Gasteiger partial charge in [0.05, 0.1) is 30.5 Å². The zero-order valence-electron chi connectivity index (χ0n) is 16.3. The third-order valence-electron chi connectivity index (χ3n) is 5.51. The fraction of sp³-hybridized carbons (Fsp3) is 0.333. The summed E-state index contributed by atoms with van der Waals surface area (Å²) in [7, 11) is 3.09. The molecule has 2 N–H and O–H groups in total. The molecule has 8 heteroatoms. The topological polar surface area (TPSA) is 79.9 Å². The number of nitrogens with one attached hydrogen (secondary N) is 2. The summed E-state index contributed by atoms with van der Waals surface area (Å²) in [5, 5.41) is 6.98. The number of ether oxygens (including phenoxy) is 2. The number of carbonyl (C=O) groups excluding carboxylic acids is 2. The molecule has 29 heavy (non-hydrogen) atoms. The van der Waals surface area contributed by atoms with E-state index in [2.05, 4.69) is 10.6 Å². The van der Waals surface area contributed by atoms with Gasteiger partial charge in [-0.05, 0) is 30.3 Å². The van der Waals surface area contributed by atoms with Gasteiger partial charge in [0.15, 0.2) is 11.5 Å². The molecule has 0 bridgehead atoms. The molecule has 1 saturated heterocycles. The van der Waals surface area contributed by atoms with Crippen molar-refractivity contribution < 1.29 is 19.1 Å². The lowest BCUT2D eigenvalue weighted by atomic mass is 9.92. The van der Waals surface area contributed by atoms with Crippen molar-refractivity contribution in [1.82, 2.24) is 10.2 Å². The summed E-state index contributed by atoms with van der Waals surface area (Å²) in [6.45, 7) is 1.00. The van der Waals surface area contributed by atoms with Gasteiger partial charge in [0.1, 0.15) is 5.66 Å². The molecule has 7 nitrogen and oxygen atoms in total. The molecule has 1 spiro atoms. The molecule has 0 radical (unpaired) electrons. The van der Waals surface area contributed by atoms with Gasteiger partial charge in [0, 0.05) is 31.5 Å². The number of carbonyl (C=O) groups is 2. The number of benzene rings is 2. The van der Waals surface area contributed by atoms with Crippen molar-refractivity contribution in [2.45, 2.75) is 18.5 Å². The van der Waals surface area contributed by atoms with Gasteiger partial charge in [-0.2, -0.15) is 0 Å². The molecule has 2 aliphatic rings. The van der Waals surface area contributed by atoms with Gasteiger partial charge in [-0.3, -0.25) is 9.59 Å². The Balaban J connectivity index is 1.49. The quantitative estimate of drug-likeness (QED) is 0.805. The van der Waals surface area contributed by atoms with Crippen LogP contribution in [-0.2, 0) is 0 Å². The SMILES string of the molecule is COc1ccc(C(=O)N2CCC3(CC2)NC(=O)c2cccc(Cl)c2N3)cc1OC. The van der Waals surface area contributed by atoms with E-state index in [1.807, 2.05) is 0 Å². The molecular weight excluding hydrogens is 394 g/mol. The molecule has 0 aromatic heterocycles. The Bertz CT molecular complexity index is 970. The zero-order chi connectivity index (χ0) is 20.6. The summed E-state index contributed by atoms with van der Waals surface area (Å²) in [5.41, 5.74) is 1.11. The number of para-hydroxylation sites is 1. The van der Waals surface area contributed by atoms with Crippen LogP contribution in [0.2, 0.25) is 5.02 Å². The third-order valence-corrected chi connectivity index (χ3v) is 5.82. The summed E-state index contributed by atoms with van der Waals surface area (Å²) in [5.74, 6) is 0.855. The van der Waals surface area contributed by atoms with Crippen LogP contribution in [0.3, 0.4) is 0 Å². The van der Waals surface area contributed by atoms with Crippen LogP contribution in [0.4, 0.5) is 5.69 Å². The Morgan fingerprint density at radius 3 is 2.48 bits per heavy atom. The molecule has 1 fully saturated rings. The Hall–Kier alpha value is -2.93. The van der Waals surface area contributed by atoms with E-state index < -0.39 is 5.66 Å². The average Bonchev–Trinajstić information content (AvgIpc) is 2.74. The highest BCUT2D eigenvalue weighted by atomic mass is 35.5. The van der Waals surface area contributed by atoms with E-state index in [9.17, 15) is 9.59 Å². The Morgan fingerprint density at radius 1 is 1.07 bits per heavy atom. The summed E-state index contributed by atoms with van der Waals surface area (Å²) < 4.78 is 10.5. The number of fused-ring (bicyclic) bond motifs is 1. The van der Waals surface area contributed by atoms with Crippen LogP contribution < -0.4 is 20.1 Å². The molecule has 2 aromatic carbocycles. The fourth-order valence-electron chi connectivity index (χ4n) is 3.89. The van der Waals surface area contributed by atoms with E-state index in [4.69, 9.17) is 21.1 Å². The van der Waals surface area contributed by atoms with Crippen molar-refractivity contribution in [1.29, 1.82) is 0 Å². The standard InChI is InChI=1S/C21H22ClN3O4/c1-28-16-7-6-13(12-17(16)29-2)20(27)25-10-8-21(9-11-25)23-18-14(19(26)24-21)4-3-5-15(18)22/h3-7,12,23H,8-11H2,1-2H3,(H,24,26). The van der Waals surface area contributed by atoms with E-state index in [0.29, 0.717) is 59.3 Å². The minimum absolute atomic E-state index is 0.0821. The van der Waals surface area contributed by atoms with Crippen LogP contribution in [0.5, 0.6) is 11.5 Å².